The molecule has 1 N–H and O–H groups in total. The molecule has 3 aromatic carbocycles. The maximum atomic E-state index is 12.8. The van der Waals surface area contributed by atoms with E-state index < -0.39 is 36.2 Å². The van der Waals surface area contributed by atoms with Gasteiger partial charge in [-0.2, -0.15) is 0 Å². The number of nitrogens with zero attached hydrogens (tertiary/aromatic N) is 1. The van der Waals surface area contributed by atoms with Crippen molar-refractivity contribution in [2.24, 2.45) is 0 Å². The molecule has 8 nitrogen and oxygen atoms in total. The lowest BCUT2D eigenvalue weighted by molar-refractivity contribution is -0.165. The number of rotatable bonds is 5. The topological polar surface area (TPSA) is 94.2 Å². The van der Waals surface area contributed by atoms with E-state index in [0.717, 1.165) is 11.1 Å². The van der Waals surface area contributed by atoms with Crippen LogP contribution >= 0.6 is 0 Å². The fraction of sp³-hybridized carbons (Fsp3) is 0.276. The van der Waals surface area contributed by atoms with E-state index in [0.29, 0.717) is 16.7 Å². The first-order chi connectivity index (χ1) is 18.0. The Morgan fingerprint density at radius 3 is 1.89 bits per heavy atom. The lowest BCUT2D eigenvalue weighted by Gasteiger charge is -2.45. The molecule has 0 aromatic heterocycles. The second-order valence-electron chi connectivity index (χ2n) is 10.2. The van der Waals surface area contributed by atoms with Gasteiger partial charge in [0.05, 0.1) is 0 Å². The molecule has 0 bridgehead atoms. The van der Waals surface area contributed by atoms with Crippen molar-refractivity contribution in [2.45, 2.75) is 45.4 Å². The van der Waals surface area contributed by atoms with Crippen LogP contribution in [0.3, 0.4) is 0 Å². The summed E-state index contributed by atoms with van der Waals surface area (Å²) < 4.78 is 16.4. The third kappa shape index (κ3) is 5.73. The van der Waals surface area contributed by atoms with Crippen molar-refractivity contribution in [2.75, 3.05) is 12.4 Å². The summed E-state index contributed by atoms with van der Waals surface area (Å²) in [4.78, 5) is 39.6. The largest absolute Gasteiger partial charge is 0.636 e. The van der Waals surface area contributed by atoms with Crippen molar-refractivity contribution < 1.29 is 28.4 Å². The third-order valence-corrected chi connectivity index (χ3v) is 6.96. The number of hydrogen-bond acceptors (Lipinski definition) is 7. The highest BCUT2D eigenvalue weighted by Crippen LogP contribution is 2.28. The predicted molar refractivity (Wildman–Crippen MR) is 146 cm³/mol. The first kappa shape index (κ1) is 26.9. The van der Waals surface area contributed by atoms with Gasteiger partial charge in [-0.05, 0) is 63.6 Å². The minimum atomic E-state index is -1.18. The van der Waals surface area contributed by atoms with Gasteiger partial charge >= 0.3 is 25.2 Å². The van der Waals surface area contributed by atoms with Gasteiger partial charge < -0.3 is 14.0 Å². The molecule has 0 atom stereocenters. The Bertz CT molecular complexity index is 1280. The molecule has 196 valence electrons. The molecule has 4 rings (SSSR count). The number of carbonyl (C=O) groups excluding carboxylic acids is 3. The zero-order valence-electron chi connectivity index (χ0n) is 22.2. The quantitative estimate of drug-likeness (QED) is 0.505. The molecule has 0 radical (unpaired) electrons. The average molecular weight is 514 g/mol. The van der Waals surface area contributed by atoms with Gasteiger partial charge in [0.2, 0.25) is 0 Å². The molecule has 9 heteroatoms. The van der Waals surface area contributed by atoms with E-state index in [4.69, 9.17) is 14.0 Å². The van der Waals surface area contributed by atoms with Gasteiger partial charge in [0.25, 0.3) is 0 Å². The fourth-order valence-electron chi connectivity index (χ4n) is 4.07. The van der Waals surface area contributed by atoms with E-state index in [1.54, 1.807) is 63.9 Å². The molecular formula is C29H31BN2O6. The number of hydrogen-bond donors (Lipinski definition) is 1. The SMILES string of the molecule is CN1C(C)(C)C(=O)OB(c2ccc(COC(=O)Nc3ccc(-c4ccccc4)cc3)cc2)OC(=O)C1(C)C. The van der Waals surface area contributed by atoms with Gasteiger partial charge in [-0.1, -0.05) is 66.7 Å². The fourth-order valence-corrected chi connectivity index (χ4v) is 4.07. The predicted octanol–water partition coefficient (Wildman–Crippen LogP) is 4.39. The van der Waals surface area contributed by atoms with Crippen LogP contribution in [0.1, 0.15) is 33.3 Å². The number of nitrogens with one attached hydrogen (secondary N) is 1. The molecule has 1 heterocycles. The molecule has 0 saturated carbocycles. The Hall–Kier alpha value is -4.11. The molecule has 0 aliphatic carbocycles. The summed E-state index contributed by atoms with van der Waals surface area (Å²) >= 11 is 0. The Kier molecular flexibility index (Phi) is 7.59. The Balaban J connectivity index is 1.35. The van der Waals surface area contributed by atoms with E-state index in [2.05, 4.69) is 5.32 Å². The van der Waals surface area contributed by atoms with Crippen molar-refractivity contribution in [1.82, 2.24) is 4.90 Å². The zero-order chi connectivity index (χ0) is 27.5. The molecule has 1 saturated heterocycles. The van der Waals surface area contributed by atoms with Crippen LogP contribution in [-0.4, -0.2) is 48.2 Å². The van der Waals surface area contributed by atoms with Crippen molar-refractivity contribution in [3.05, 3.63) is 84.4 Å². The molecule has 1 aliphatic heterocycles. The number of ether oxygens (including phenoxy) is 1. The lowest BCUT2D eigenvalue weighted by atomic mass is 9.76. The summed E-state index contributed by atoms with van der Waals surface area (Å²) in [5, 5.41) is 2.72. The number of amides is 1. The summed E-state index contributed by atoms with van der Waals surface area (Å²) in [5.74, 6) is -1.02. The van der Waals surface area contributed by atoms with Gasteiger partial charge in [0, 0.05) is 11.2 Å². The van der Waals surface area contributed by atoms with Gasteiger partial charge in [0.1, 0.15) is 17.7 Å². The van der Waals surface area contributed by atoms with Gasteiger partial charge in [-0.25, -0.2) is 4.79 Å². The molecule has 0 unspecified atom stereocenters. The number of anilines is 1. The van der Waals surface area contributed by atoms with Crippen molar-refractivity contribution in [3.8, 4) is 11.1 Å². The van der Waals surface area contributed by atoms with Crippen molar-refractivity contribution in [3.63, 3.8) is 0 Å². The van der Waals surface area contributed by atoms with Crippen LogP contribution in [0, 0.1) is 0 Å². The van der Waals surface area contributed by atoms with Crippen molar-refractivity contribution >= 4 is 36.3 Å². The first-order valence-electron chi connectivity index (χ1n) is 12.3. The summed E-state index contributed by atoms with van der Waals surface area (Å²) in [6.45, 7) is 6.85. The lowest BCUT2D eigenvalue weighted by Crippen LogP contribution is -2.65. The smallest absolute Gasteiger partial charge is 0.494 e. The highest BCUT2D eigenvalue weighted by atomic mass is 16.6. The Morgan fingerprint density at radius 1 is 0.816 bits per heavy atom. The van der Waals surface area contributed by atoms with Crippen LogP contribution in [0.4, 0.5) is 10.5 Å². The van der Waals surface area contributed by atoms with Crippen LogP contribution in [0.2, 0.25) is 0 Å². The minimum absolute atomic E-state index is 0.0311. The third-order valence-electron chi connectivity index (χ3n) is 6.96. The second kappa shape index (κ2) is 10.7. The molecule has 1 fully saturated rings. The molecule has 1 aliphatic rings. The molecular weight excluding hydrogens is 483 g/mol. The molecule has 3 aromatic rings. The van der Waals surface area contributed by atoms with Gasteiger partial charge in [0.15, 0.2) is 0 Å². The highest BCUT2D eigenvalue weighted by molar-refractivity contribution is 6.64. The zero-order valence-corrected chi connectivity index (χ0v) is 22.2. The highest BCUT2D eigenvalue weighted by Gasteiger charge is 2.51. The Morgan fingerprint density at radius 2 is 1.34 bits per heavy atom. The number of likely N-dealkylation sites (N-methyl/N-ethyl adjacent to an activating group) is 1. The Labute approximate surface area is 223 Å². The standard InChI is InChI=1S/C29H31BN2O6/c1-28(2)25(33)37-30(38-26(34)29(3,4)32(28)5)23-15-11-20(12-16-23)19-36-27(35)31-24-17-13-22(14-18-24)21-9-7-6-8-10-21/h6-18H,19H2,1-5H3,(H,31,35). The molecule has 0 spiro atoms. The normalized spacial score (nSPS) is 17.0. The van der Waals surface area contributed by atoms with Crippen LogP contribution in [0.15, 0.2) is 78.9 Å². The van der Waals surface area contributed by atoms with Gasteiger partial charge in [-0.3, -0.25) is 19.8 Å². The summed E-state index contributed by atoms with van der Waals surface area (Å²) in [6, 6.07) is 24.2. The van der Waals surface area contributed by atoms with Crippen LogP contribution in [0.25, 0.3) is 11.1 Å². The maximum Gasteiger partial charge on any atom is 0.636 e. The van der Waals surface area contributed by atoms with E-state index in [-0.39, 0.29) is 6.61 Å². The minimum Gasteiger partial charge on any atom is -0.494 e. The van der Waals surface area contributed by atoms with Crippen molar-refractivity contribution in [1.29, 1.82) is 0 Å². The van der Waals surface area contributed by atoms with Gasteiger partial charge in [-0.15, -0.1) is 0 Å². The van der Waals surface area contributed by atoms with E-state index >= 15 is 0 Å². The maximum absolute atomic E-state index is 12.8. The van der Waals surface area contributed by atoms with E-state index in [9.17, 15) is 14.4 Å². The van der Waals surface area contributed by atoms with Crippen LogP contribution in [-0.2, 0) is 30.2 Å². The summed E-state index contributed by atoms with van der Waals surface area (Å²) in [6.07, 6.45) is -0.585. The van der Waals surface area contributed by atoms with Crippen LogP contribution < -0.4 is 10.8 Å². The summed E-state index contributed by atoms with van der Waals surface area (Å²) in [5.41, 5.74) is 1.89. The molecule has 1 amide bonds. The monoisotopic (exact) mass is 514 g/mol. The summed E-state index contributed by atoms with van der Waals surface area (Å²) in [7, 11) is 0.507. The average Bonchev–Trinajstić information content (AvgIpc) is 2.91. The van der Waals surface area contributed by atoms with Crippen LogP contribution in [0.5, 0.6) is 0 Å². The molecule has 38 heavy (non-hydrogen) atoms. The number of carbonyl (C=O) groups is 3. The number of benzene rings is 3. The van der Waals surface area contributed by atoms with E-state index in [1.165, 1.54) is 0 Å². The van der Waals surface area contributed by atoms with E-state index in [1.807, 2.05) is 54.6 Å². The first-order valence-corrected chi connectivity index (χ1v) is 12.3. The second-order valence-corrected chi connectivity index (χ2v) is 10.2.